The molecule has 1 rings (SSSR count). The number of halogens is 1. The van der Waals surface area contributed by atoms with E-state index >= 15 is 0 Å². The molecule has 0 radical (unpaired) electrons. The quantitative estimate of drug-likeness (QED) is 0.924. The molecule has 0 amide bonds. The molecule has 1 aromatic rings. The van der Waals surface area contributed by atoms with Gasteiger partial charge in [-0.1, -0.05) is 0 Å². The molecular formula is C9H14BrN3O2S. The first-order valence-corrected chi connectivity index (χ1v) is 6.81. The molecule has 0 fully saturated rings. The zero-order valence-electron chi connectivity index (χ0n) is 9.57. The van der Waals surface area contributed by atoms with Gasteiger partial charge < -0.3 is 0 Å². The highest BCUT2D eigenvalue weighted by molar-refractivity contribution is 9.10. The molecule has 0 spiro atoms. The molecule has 1 aromatic heterocycles. The number of aryl methyl sites for hydroxylation is 1. The second-order valence-electron chi connectivity index (χ2n) is 3.58. The molecule has 0 saturated heterocycles. The second kappa shape index (κ2) is 4.68. The fraction of sp³-hybridized carbons (Fsp3) is 0.444. The predicted molar refractivity (Wildman–Crippen MR) is 67.6 cm³/mol. The molecule has 0 aliphatic carbocycles. The molecule has 16 heavy (non-hydrogen) atoms. The van der Waals surface area contributed by atoms with Crippen molar-refractivity contribution in [3.8, 4) is 0 Å². The van der Waals surface area contributed by atoms with Crippen LogP contribution < -0.4 is 4.72 Å². The highest BCUT2D eigenvalue weighted by Crippen LogP contribution is 2.26. The number of pyridine rings is 1. The number of hydrogen-bond acceptors (Lipinski definition) is 3. The highest BCUT2D eigenvalue weighted by atomic mass is 79.9. The van der Waals surface area contributed by atoms with Gasteiger partial charge in [-0.05, 0) is 35.3 Å². The first-order valence-electron chi connectivity index (χ1n) is 4.57. The Morgan fingerprint density at radius 3 is 2.44 bits per heavy atom. The first-order chi connectivity index (χ1) is 7.25. The lowest BCUT2D eigenvalue weighted by Gasteiger charge is -2.16. The van der Waals surface area contributed by atoms with Crippen LogP contribution in [0.15, 0.2) is 10.7 Å². The fourth-order valence-corrected chi connectivity index (χ4v) is 2.12. The van der Waals surface area contributed by atoms with E-state index in [-0.39, 0.29) is 0 Å². The third-order valence-corrected chi connectivity index (χ3v) is 4.40. The van der Waals surface area contributed by atoms with Gasteiger partial charge in [-0.2, -0.15) is 12.7 Å². The van der Waals surface area contributed by atoms with Gasteiger partial charge in [0.15, 0.2) is 0 Å². The molecule has 1 heterocycles. The van der Waals surface area contributed by atoms with E-state index in [2.05, 4.69) is 25.6 Å². The third kappa shape index (κ3) is 2.72. The predicted octanol–water partition coefficient (Wildman–Crippen LogP) is 1.68. The van der Waals surface area contributed by atoms with Crippen molar-refractivity contribution in [3.63, 3.8) is 0 Å². The standard InChI is InChI=1S/C9H14BrN3O2S/c1-6-8(10)5-11-7(2)9(6)12-16(14,15)13(3)4/h5,12H,1-4H3. The summed E-state index contributed by atoms with van der Waals surface area (Å²) in [5.41, 5.74) is 1.98. The summed E-state index contributed by atoms with van der Waals surface area (Å²) in [6.45, 7) is 3.58. The SMILES string of the molecule is Cc1ncc(Br)c(C)c1NS(=O)(=O)N(C)C. The number of rotatable bonds is 3. The summed E-state index contributed by atoms with van der Waals surface area (Å²) in [5.74, 6) is 0. The molecule has 1 N–H and O–H groups in total. The van der Waals surface area contributed by atoms with Gasteiger partial charge in [0.25, 0.3) is 0 Å². The van der Waals surface area contributed by atoms with Crippen LogP contribution in [-0.4, -0.2) is 31.8 Å². The summed E-state index contributed by atoms with van der Waals surface area (Å²) in [6.07, 6.45) is 1.65. The van der Waals surface area contributed by atoms with Crippen LogP contribution in [0.3, 0.4) is 0 Å². The number of nitrogens with one attached hydrogen (secondary N) is 1. The third-order valence-electron chi connectivity index (χ3n) is 2.18. The van der Waals surface area contributed by atoms with Crippen LogP contribution in [0.4, 0.5) is 5.69 Å². The lowest BCUT2D eigenvalue weighted by molar-refractivity contribution is 0.526. The van der Waals surface area contributed by atoms with Crippen LogP contribution in [-0.2, 0) is 10.2 Å². The van der Waals surface area contributed by atoms with Crippen molar-refractivity contribution >= 4 is 31.8 Å². The van der Waals surface area contributed by atoms with Crippen LogP contribution in [0.5, 0.6) is 0 Å². The number of hydrogen-bond donors (Lipinski definition) is 1. The Morgan fingerprint density at radius 2 is 1.94 bits per heavy atom. The van der Waals surface area contributed by atoms with E-state index in [0.717, 1.165) is 14.3 Å². The van der Waals surface area contributed by atoms with Crippen LogP contribution in [0, 0.1) is 13.8 Å². The minimum atomic E-state index is -3.49. The number of aromatic nitrogens is 1. The van der Waals surface area contributed by atoms with E-state index in [9.17, 15) is 8.42 Å². The lowest BCUT2D eigenvalue weighted by Crippen LogP contribution is -2.29. The summed E-state index contributed by atoms with van der Waals surface area (Å²) in [5, 5.41) is 0. The smallest absolute Gasteiger partial charge is 0.269 e. The minimum absolute atomic E-state index is 0.517. The van der Waals surface area contributed by atoms with E-state index < -0.39 is 10.2 Å². The van der Waals surface area contributed by atoms with Gasteiger partial charge in [0.2, 0.25) is 0 Å². The average Bonchev–Trinajstić information content (AvgIpc) is 2.18. The van der Waals surface area contributed by atoms with Gasteiger partial charge in [0, 0.05) is 24.8 Å². The van der Waals surface area contributed by atoms with E-state index in [1.54, 1.807) is 13.1 Å². The molecule has 90 valence electrons. The Hall–Kier alpha value is -0.660. The van der Waals surface area contributed by atoms with Crippen LogP contribution in [0.2, 0.25) is 0 Å². The monoisotopic (exact) mass is 307 g/mol. The topological polar surface area (TPSA) is 62.3 Å². The van der Waals surface area contributed by atoms with E-state index in [4.69, 9.17) is 0 Å². The zero-order valence-corrected chi connectivity index (χ0v) is 12.0. The molecule has 0 aliphatic rings. The highest BCUT2D eigenvalue weighted by Gasteiger charge is 2.17. The van der Waals surface area contributed by atoms with E-state index in [0.29, 0.717) is 11.4 Å². The van der Waals surface area contributed by atoms with Crippen LogP contribution in [0.25, 0.3) is 0 Å². The van der Waals surface area contributed by atoms with Crippen LogP contribution in [0.1, 0.15) is 11.3 Å². The van der Waals surface area contributed by atoms with Gasteiger partial charge in [-0.3, -0.25) is 9.71 Å². The van der Waals surface area contributed by atoms with Gasteiger partial charge in [-0.25, -0.2) is 0 Å². The van der Waals surface area contributed by atoms with Crippen molar-refractivity contribution in [2.24, 2.45) is 0 Å². The summed E-state index contributed by atoms with van der Waals surface area (Å²) in [7, 11) is -0.549. The normalized spacial score (nSPS) is 11.9. The molecule has 0 bridgehead atoms. The maximum absolute atomic E-state index is 11.7. The summed E-state index contributed by atoms with van der Waals surface area (Å²) < 4.78 is 27.8. The zero-order chi connectivity index (χ0) is 12.5. The molecule has 0 saturated carbocycles. The van der Waals surface area contributed by atoms with Gasteiger partial charge in [0.05, 0.1) is 11.4 Å². The van der Waals surface area contributed by atoms with Gasteiger partial charge in [0.1, 0.15) is 0 Å². The Morgan fingerprint density at radius 1 is 1.38 bits per heavy atom. The van der Waals surface area contributed by atoms with Crippen molar-refractivity contribution in [2.75, 3.05) is 18.8 Å². The van der Waals surface area contributed by atoms with Crippen molar-refractivity contribution in [1.29, 1.82) is 0 Å². The fourth-order valence-electron chi connectivity index (χ4n) is 1.08. The largest absolute Gasteiger partial charge is 0.301 e. The molecule has 7 heteroatoms. The Bertz CT molecular complexity index is 500. The van der Waals surface area contributed by atoms with Gasteiger partial charge in [-0.15, -0.1) is 0 Å². The Balaban J connectivity index is 3.21. The maximum Gasteiger partial charge on any atom is 0.301 e. The summed E-state index contributed by atoms with van der Waals surface area (Å²) in [4.78, 5) is 4.09. The van der Waals surface area contributed by atoms with Crippen molar-refractivity contribution in [3.05, 3.63) is 21.9 Å². The molecule has 0 aliphatic heterocycles. The maximum atomic E-state index is 11.7. The van der Waals surface area contributed by atoms with Crippen LogP contribution >= 0.6 is 15.9 Å². The summed E-state index contributed by atoms with van der Waals surface area (Å²) >= 11 is 3.31. The number of anilines is 1. The minimum Gasteiger partial charge on any atom is -0.269 e. The molecule has 0 unspecified atom stereocenters. The Labute approximate surface area is 104 Å². The van der Waals surface area contributed by atoms with Crippen molar-refractivity contribution in [1.82, 2.24) is 9.29 Å². The number of nitrogens with zero attached hydrogens (tertiary/aromatic N) is 2. The summed E-state index contributed by atoms with van der Waals surface area (Å²) in [6, 6.07) is 0. The lowest BCUT2D eigenvalue weighted by atomic mass is 10.2. The molecule has 0 atom stereocenters. The Kier molecular flexibility index (Phi) is 3.92. The van der Waals surface area contributed by atoms with Crippen molar-refractivity contribution < 1.29 is 8.42 Å². The van der Waals surface area contributed by atoms with Crippen molar-refractivity contribution in [2.45, 2.75) is 13.8 Å². The molecule has 5 nitrogen and oxygen atoms in total. The van der Waals surface area contributed by atoms with Gasteiger partial charge >= 0.3 is 10.2 Å². The second-order valence-corrected chi connectivity index (χ2v) is 6.32. The van der Waals surface area contributed by atoms with E-state index in [1.165, 1.54) is 14.1 Å². The molecular weight excluding hydrogens is 294 g/mol. The first kappa shape index (κ1) is 13.4. The average molecular weight is 308 g/mol. The molecule has 0 aromatic carbocycles. The van der Waals surface area contributed by atoms with E-state index in [1.807, 2.05) is 6.92 Å².